The minimum absolute atomic E-state index is 0.221. The molecule has 4 heterocycles. The molecule has 0 fully saturated rings. The Labute approximate surface area is 197 Å². The number of nitrogens with zero attached hydrogens (tertiary/aromatic N) is 3. The number of benzene rings is 2. The van der Waals surface area contributed by atoms with Gasteiger partial charge in [0.25, 0.3) is 5.56 Å². The Morgan fingerprint density at radius 1 is 1.21 bits per heavy atom. The van der Waals surface area contributed by atoms with Crippen LogP contribution in [0.15, 0.2) is 70.6 Å². The number of hydrogen-bond acceptors (Lipinski definition) is 7. The third-order valence-corrected chi connectivity index (χ3v) is 7.34. The van der Waals surface area contributed by atoms with Gasteiger partial charge in [-0.3, -0.25) is 19.3 Å². The first kappa shape index (κ1) is 20.6. The molecule has 170 valence electrons. The van der Waals surface area contributed by atoms with Gasteiger partial charge in [0.2, 0.25) is 5.72 Å². The molecule has 0 amide bonds. The highest BCUT2D eigenvalue weighted by Gasteiger charge is 2.55. The molecule has 2 aromatic heterocycles. The summed E-state index contributed by atoms with van der Waals surface area (Å²) in [4.78, 5) is 31.9. The van der Waals surface area contributed by atoms with E-state index in [9.17, 15) is 9.59 Å². The van der Waals surface area contributed by atoms with Crippen molar-refractivity contribution >= 4 is 23.4 Å². The average molecular weight is 473 g/mol. The number of esters is 1. The number of thiazole rings is 1. The lowest BCUT2D eigenvalue weighted by Gasteiger charge is -2.44. The summed E-state index contributed by atoms with van der Waals surface area (Å²) >= 11 is 1.27. The highest BCUT2D eigenvalue weighted by atomic mass is 32.1. The van der Waals surface area contributed by atoms with Gasteiger partial charge in [0, 0.05) is 16.7 Å². The molecule has 1 N–H and O–H groups in total. The molecule has 8 nitrogen and oxygen atoms in total. The zero-order chi connectivity index (χ0) is 23.4. The van der Waals surface area contributed by atoms with Crippen LogP contribution in [0.25, 0.3) is 17.3 Å². The fourth-order valence-electron chi connectivity index (χ4n) is 4.81. The lowest BCUT2D eigenvalue weighted by molar-refractivity contribution is -0.158. The molecule has 34 heavy (non-hydrogen) atoms. The molecule has 0 spiro atoms. The molecule has 9 heteroatoms. The number of fused-ring (bicyclic) bond motifs is 6. The molecule has 2 aliphatic rings. The van der Waals surface area contributed by atoms with Crippen LogP contribution in [-0.2, 0) is 9.53 Å². The van der Waals surface area contributed by atoms with E-state index in [2.05, 4.69) is 10.2 Å². The van der Waals surface area contributed by atoms with E-state index < -0.39 is 23.7 Å². The van der Waals surface area contributed by atoms with Gasteiger partial charge < -0.3 is 9.47 Å². The first-order chi connectivity index (χ1) is 16.5. The van der Waals surface area contributed by atoms with Crippen LogP contribution in [0.2, 0.25) is 0 Å². The van der Waals surface area contributed by atoms with Crippen molar-refractivity contribution in [2.75, 3.05) is 7.11 Å². The van der Waals surface area contributed by atoms with Crippen LogP contribution in [0.4, 0.5) is 0 Å². The van der Waals surface area contributed by atoms with E-state index >= 15 is 0 Å². The van der Waals surface area contributed by atoms with Gasteiger partial charge in [-0.2, -0.15) is 5.10 Å². The molecule has 0 saturated heterocycles. The largest absolute Gasteiger partial charge is 0.469 e. The van der Waals surface area contributed by atoms with Crippen molar-refractivity contribution in [3.8, 4) is 17.0 Å². The first-order valence-electron chi connectivity index (χ1n) is 10.8. The van der Waals surface area contributed by atoms with Gasteiger partial charge in [0.05, 0.1) is 29.6 Å². The molecule has 2 aromatic carbocycles. The molecular formula is C25H20N4O4S. The van der Waals surface area contributed by atoms with Crippen LogP contribution in [0.3, 0.4) is 0 Å². The number of methoxy groups -OCH3 is 1. The van der Waals surface area contributed by atoms with Crippen LogP contribution in [0, 0.1) is 5.92 Å². The van der Waals surface area contributed by atoms with Crippen LogP contribution < -0.4 is 19.6 Å². The molecule has 3 atom stereocenters. The number of aromatic amines is 1. The lowest BCUT2D eigenvalue weighted by Crippen LogP contribution is -2.58. The quantitative estimate of drug-likeness (QED) is 0.461. The summed E-state index contributed by atoms with van der Waals surface area (Å²) in [6, 6.07) is 16.6. The summed E-state index contributed by atoms with van der Waals surface area (Å²) in [7, 11) is 1.34. The number of hydrogen-bond donors (Lipinski definition) is 1. The average Bonchev–Trinajstić information content (AvgIpc) is 3.42. The van der Waals surface area contributed by atoms with Gasteiger partial charge in [-0.1, -0.05) is 59.9 Å². The fourth-order valence-corrected chi connectivity index (χ4v) is 5.90. The second kappa shape index (κ2) is 7.53. The van der Waals surface area contributed by atoms with Gasteiger partial charge in [-0.25, -0.2) is 4.99 Å². The predicted molar refractivity (Wildman–Crippen MR) is 126 cm³/mol. The van der Waals surface area contributed by atoms with Crippen molar-refractivity contribution in [1.82, 2.24) is 14.8 Å². The molecule has 2 unspecified atom stereocenters. The minimum Gasteiger partial charge on any atom is -0.469 e. The highest BCUT2D eigenvalue weighted by Crippen LogP contribution is 2.47. The molecule has 0 radical (unpaired) electrons. The van der Waals surface area contributed by atoms with E-state index in [4.69, 9.17) is 14.5 Å². The Balaban J connectivity index is 1.58. The number of carbonyl (C=O) groups is 1. The maximum absolute atomic E-state index is 13.7. The van der Waals surface area contributed by atoms with Gasteiger partial charge in [0.1, 0.15) is 11.7 Å². The lowest BCUT2D eigenvalue weighted by atomic mass is 9.81. The Kier molecular flexibility index (Phi) is 4.56. The monoisotopic (exact) mass is 472 g/mol. The van der Waals surface area contributed by atoms with E-state index in [1.54, 1.807) is 17.7 Å². The third-order valence-electron chi connectivity index (χ3n) is 6.35. The van der Waals surface area contributed by atoms with Gasteiger partial charge in [0.15, 0.2) is 4.80 Å². The van der Waals surface area contributed by atoms with E-state index in [-0.39, 0.29) is 5.56 Å². The van der Waals surface area contributed by atoms with Crippen LogP contribution in [0.5, 0.6) is 5.75 Å². The van der Waals surface area contributed by atoms with Crippen molar-refractivity contribution in [1.29, 1.82) is 0 Å². The second-order valence-electron chi connectivity index (χ2n) is 8.39. The Hall–Kier alpha value is -3.98. The standard InChI is InChI=1S/C25H20N4O4S/c1-25-19(23(31)32-2)21(16-10-6-7-11-17(16)33-25)29-22(30)18(34-24(29)27-25)12-15-13-26-28-20(15)14-8-4-3-5-9-14/h3-13,19,21H,1-2H3,(H,26,28)/b18-12-/t19?,21?,25-/m0/s1. The van der Waals surface area contributed by atoms with Crippen molar-refractivity contribution in [2.45, 2.75) is 18.7 Å². The molecule has 6 rings (SSSR count). The van der Waals surface area contributed by atoms with Crippen molar-refractivity contribution in [3.63, 3.8) is 0 Å². The number of nitrogens with one attached hydrogen (secondary N) is 1. The molecular weight excluding hydrogens is 452 g/mol. The van der Waals surface area contributed by atoms with Gasteiger partial charge in [-0.05, 0) is 19.1 Å². The van der Waals surface area contributed by atoms with E-state index in [0.29, 0.717) is 15.1 Å². The molecule has 0 saturated carbocycles. The van der Waals surface area contributed by atoms with Crippen LogP contribution in [-0.4, -0.2) is 33.6 Å². The van der Waals surface area contributed by atoms with Crippen molar-refractivity contribution < 1.29 is 14.3 Å². The normalized spacial score (nSPS) is 22.8. The predicted octanol–water partition coefficient (Wildman–Crippen LogP) is 2.25. The SMILES string of the molecule is COC(=O)C1C2c3ccccc3O[C@]1(C)N=c1s/c(=C\c3cn[nH]c3-c3ccccc3)c(=O)n12. The topological polar surface area (TPSA) is 98.6 Å². The Bertz CT molecular complexity index is 1600. The van der Waals surface area contributed by atoms with Crippen LogP contribution in [0.1, 0.15) is 24.1 Å². The van der Waals surface area contributed by atoms with E-state index in [0.717, 1.165) is 22.4 Å². The second-order valence-corrected chi connectivity index (χ2v) is 9.40. The smallest absolute Gasteiger partial charge is 0.317 e. The zero-order valence-corrected chi connectivity index (χ0v) is 19.2. The van der Waals surface area contributed by atoms with Gasteiger partial charge >= 0.3 is 5.97 Å². The molecule has 4 aromatic rings. The maximum atomic E-state index is 13.7. The summed E-state index contributed by atoms with van der Waals surface area (Å²) < 4.78 is 13.4. The van der Waals surface area contributed by atoms with E-state index in [1.807, 2.05) is 60.7 Å². The van der Waals surface area contributed by atoms with Crippen molar-refractivity contribution in [3.05, 3.63) is 91.6 Å². The van der Waals surface area contributed by atoms with Crippen molar-refractivity contribution in [2.24, 2.45) is 10.9 Å². The third kappa shape index (κ3) is 2.97. The van der Waals surface area contributed by atoms with E-state index in [1.165, 1.54) is 18.4 Å². The highest BCUT2D eigenvalue weighted by molar-refractivity contribution is 7.07. The number of rotatable bonds is 3. The fraction of sp³-hybridized carbons (Fsp3) is 0.200. The Morgan fingerprint density at radius 3 is 2.76 bits per heavy atom. The number of ether oxygens (including phenoxy) is 2. The molecule has 0 aliphatic carbocycles. The summed E-state index contributed by atoms with van der Waals surface area (Å²) in [5, 5.41) is 7.20. The number of aromatic nitrogens is 3. The van der Waals surface area contributed by atoms with Gasteiger partial charge in [-0.15, -0.1) is 0 Å². The Morgan fingerprint density at radius 2 is 1.97 bits per heavy atom. The summed E-state index contributed by atoms with van der Waals surface area (Å²) in [5.41, 5.74) is 1.92. The number of H-pyrrole nitrogens is 1. The maximum Gasteiger partial charge on any atom is 0.317 e. The molecule has 2 aliphatic heterocycles. The number of carbonyl (C=O) groups excluding carboxylic acids is 1. The minimum atomic E-state index is -1.19. The first-order valence-corrected chi connectivity index (χ1v) is 11.6. The number of para-hydroxylation sites is 1. The summed E-state index contributed by atoms with van der Waals surface area (Å²) in [6.45, 7) is 1.76. The summed E-state index contributed by atoms with van der Waals surface area (Å²) in [6.07, 6.45) is 3.50. The molecule has 2 bridgehead atoms. The zero-order valence-electron chi connectivity index (χ0n) is 18.4. The summed E-state index contributed by atoms with van der Waals surface area (Å²) in [5.74, 6) is -0.663. The van der Waals surface area contributed by atoms with Crippen LogP contribution >= 0.6 is 11.3 Å².